The van der Waals surface area contributed by atoms with Crippen LogP contribution in [0.1, 0.15) is 36.9 Å². The molecule has 1 aliphatic heterocycles. The van der Waals surface area contributed by atoms with Gasteiger partial charge in [0.2, 0.25) is 5.91 Å². The highest BCUT2D eigenvalue weighted by atomic mass is 16.2. The summed E-state index contributed by atoms with van der Waals surface area (Å²) in [5, 5.41) is 6.55. The summed E-state index contributed by atoms with van der Waals surface area (Å²) in [6.45, 7) is 4.16. The molecule has 1 atom stereocenters. The maximum absolute atomic E-state index is 13.0. The minimum absolute atomic E-state index is 0.0312. The first-order valence-corrected chi connectivity index (χ1v) is 10.7. The van der Waals surface area contributed by atoms with E-state index in [1.54, 1.807) is 0 Å². The molecule has 1 heterocycles. The zero-order valence-corrected chi connectivity index (χ0v) is 17.4. The molecular weight excluding hydrogens is 370 g/mol. The van der Waals surface area contributed by atoms with Crippen molar-refractivity contribution in [2.45, 2.75) is 31.8 Å². The summed E-state index contributed by atoms with van der Waals surface area (Å²) in [5.41, 5.74) is 4.35. The van der Waals surface area contributed by atoms with Gasteiger partial charge in [-0.25, -0.2) is 0 Å². The fourth-order valence-electron chi connectivity index (χ4n) is 3.98. The Morgan fingerprint density at radius 1 is 0.800 bits per heavy atom. The SMILES string of the molecule is C[C@H](Nc1ccc(N2CCCC2)cc1)C(=O)NC(c1ccccc1)c1ccccc1. The number of amides is 1. The average Bonchev–Trinajstić information content (AvgIpc) is 3.34. The summed E-state index contributed by atoms with van der Waals surface area (Å²) in [4.78, 5) is 15.4. The Bertz CT molecular complexity index is 896. The van der Waals surface area contributed by atoms with Crippen molar-refractivity contribution in [2.24, 2.45) is 0 Å². The highest BCUT2D eigenvalue weighted by Gasteiger charge is 2.20. The Balaban J connectivity index is 1.43. The molecule has 0 bridgehead atoms. The van der Waals surface area contributed by atoms with E-state index in [4.69, 9.17) is 0 Å². The van der Waals surface area contributed by atoms with Gasteiger partial charge in [-0.1, -0.05) is 60.7 Å². The lowest BCUT2D eigenvalue weighted by Crippen LogP contribution is -2.40. The van der Waals surface area contributed by atoms with Crippen LogP contribution in [0.4, 0.5) is 11.4 Å². The Hall–Kier alpha value is -3.27. The maximum atomic E-state index is 13.0. The van der Waals surface area contributed by atoms with Gasteiger partial charge >= 0.3 is 0 Å². The predicted octanol–water partition coefficient (Wildman–Crippen LogP) is 4.99. The van der Waals surface area contributed by atoms with Gasteiger partial charge in [0.1, 0.15) is 6.04 Å². The number of nitrogens with zero attached hydrogens (tertiary/aromatic N) is 1. The third-order valence-corrected chi connectivity index (χ3v) is 5.67. The molecule has 0 saturated carbocycles. The minimum Gasteiger partial charge on any atom is -0.374 e. The van der Waals surface area contributed by atoms with E-state index in [1.165, 1.54) is 18.5 Å². The molecule has 0 radical (unpaired) electrons. The third-order valence-electron chi connectivity index (χ3n) is 5.67. The van der Waals surface area contributed by atoms with Gasteiger partial charge in [-0.2, -0.15) is 0 Å². The van der Waals surface area contributed by atoms with E-state index in [0.717, 1.165) is 29.9 Å². The van der Waals surface area contributed by atoms with Crippen LogP contribution in [-0.2, 0) is 4.79 Å². The molecule has 3 aromatic carbocycles. The third kappa shape index (κ3) is 4.82. The molecule has 1 amide bonds. The van der Waals surface area contributed by atoms with Gasteiger partial charge in [0.25, 0.3) is 0 Å². The van der Waals surface area contributed by atoms with E-state index in [1.807, 2.05) is 67.6 Å². The largest absolute Gasteiger partial charge is 0.374 e. The summed E-state index contributed by atoms with van der Waals surface area (Å²) in [6, 6.07) is 28.0. The molecule has 1 aliphatic rings. The van der Waals surface area contributed by atoms with E-state index in [9.17, 15) is 4.79 Å². The minimum atomic E-state index is -0.349. The molecule has 0 spiro atoms. The summed E-state index contributed by atoms with van der Waals surface area (Å²) in [7, 11) is 0. The van der Waals surface area contributed by atoms with Gasteiger partial charge in [0.15, 0.2) is 0 Å². The van der Waals surface area contributed by atoms with Crippen molar-refractivity contribution in [3.8, 4) is 0 Å². The van der Waals surface area contributed by atoms with Crippen LogP contribution >= 0.6 is 0 Å². The Morgan fingerprint density at radius 2 is 1.33 bits per heavy atom. The van der Waals surface area contributed by atoms with Crippen molar-refractivity contribution < 1.29 is 4.79 Å². The van der Waals surface area contributed by atoms with Gasteiger partial charge in [-0.05, 0) is 55.2 Å². The first-order chi connectivity index (χ1) is 14.7. The summed E-state index contributed by atoms with van der Waals surface area (Å²) in [6.07, 6.45) is 2.53. The number of nitrogens with one attached hydrogen (secondary N) is 2. The normalized spacial score (nSPS) is 14.5. The number of carbonyl (C=O) groups excluding carboxylic acids is 1. The molecule has 4 nitrogen and oxygen atoms in total. The fraction of sp³-hybridized carbons (Fsp3) is 0.269. The van der Waals surface area contributed by atoms with Crippen LogP contribution in [0, 0.1) is 0 Å². The molecule has 0 aliphatic carbocycles. The van der Waals surface area contributed by atoms with E-state index < -0.39 is 0 Å². The van der Waals surface area contributed by atoms with E-state index in [-0.39, 0.29) is 18.0 Å². The lowest BCUT2D eigenvalue weighted by atomic mass is 9.98. The van der Waals surface area contributed by atoms with Gasteiger partial charge < -0.3 is 15.5 Å². The zero-order chi connectivity index (χ0) is 20.8. The van der Waals surface area contributed by atoms with Crippen LogP contribution in [0.15, 0.2) is 84.9 Å². The van der Waals surface area contributed by atoms with Crippen molar-refractivity contribution in [2.75, 3.05) is 23.3 Å². The Morgan fingerprint density at radius 3 is 1.87 bits per heavy atom. The van der Waals surface area contributed by atoms with Crippen molar-refractivity contribution in [1.29, 1.82) is 0 Å². The van der Waals surface area contributed by atoms with E-state index in [2.05, 4.69) is 39.8 Å². The van der Waals surface area contributed by atoms with Gasteiger partial charge in [-0.15, -0.1) is 0 Å². The van der Waals surface area contributed by atoms with E-state index in [0.29, 0.717) is 0 Å². The van der Waals surface area contributed by atoms with Crippen molar-refractivity contribution >= 4 is 17.3 Å². The molecule has 154 valence electrons. The monoisotopic (exact) mass is 399 g/mol. The highest BCUT2D eigenvalue weighted by Crippen LogP contribution is 2.24. The molecule has 1 saturated heterocycles. The second kappa shape index (κ2) is 9.49. The lowest BCUT2D eigenvalue weighted by Gasteiger charge is -2.23. The topological polar surface area (TPSA) is 44.4 Å². The van der Waals surface area contributed by atoms with Crippen molar-refractivity contribution in [3.63, 3.8) is 0 Å². The molecule has 30 heavy (non-hydrogen) atoms. The standard InChI is InChI=1S/C26H29N3O/c1-20(27-23-14-16-24(17-15-23)29-18-8-9-19-29)26(30)28-25(21-10-4-2-5-11-21)22-12-6-3-7-13-22/h2-7,10-17,20,25,27H,8-9,18-19H2,1H3,(H,28,30)/t20-/m0/s1. The highest BCUT2D eigenvalue weighted by molar-refractivity contribution is 5.85. The van der Waals surface area contributed by atoms with Gasteiger partial charge in [-0.3, -0.25) is 4.79 Å². The summed E-state index contributed by atoms with van der Waals surface area (Å²) in [5.74, 6) is -0.0312. The van der Waals surface area contributed by atoms with Gasteiger partial charge in [0, 0.05) is 24.5 Å². The van der Waals surface area contributed by atoms with Crippen LogP contribution in [0.25, 0.3) is 0 Å². The number of anilines is 2. The molecule has 1 fully saturated rings. The first kappa shape index (κ1) is 20.0. The molecule has 4 rings (SSSR count). The summed E-state index contributed by atoms with van der Waals surface area (Å²) < 4.78 is 0. The number of carbonyl (C=O) groups is 1. The van der Waals surface area contributed by atoms with Crippen LogP contribution in [0.2, 0.25) is 0 Å². The smallest absolute Gasteiger partial charge is 0.242 e. The number of hydrogen-bond donors (Lipinski definition) is 2. The maximum Gasteiger partial charge on any atom is 0.242 e. The Kier molecular flexibility index (Phi) is 6.33. The quantitative estimate of drug-likeness (QED) is 0.588. The second-order valence-corrected chi connectivity index (χ2v) is 7.87. The van der Waals surface area contributed by atoms with Crippen LogP contribution in [0.5, 0.6) is 0 Å². The first-order valence-electron chi connectivity index (χ1n) is 10.7. The van der Waals surface area contributed by atoms with Crippen LogP contribution in [0.3, 0.4) is 0 Å². The number of hydrogen-bond acceptors (Lipinski definition) is 3. The number of benzene rings is 3. The summed E-state index contributed by atoms with van der Waals surface area (Å²) >= 11 is 0. The van der Waals surface area contributed by atoms with E-state index >= 15 is 0 Å². The van der Waals surface area contributed by atoms with Crippen molar-refractivity contribution in [1.82, 2.24) is 5.32 Å². The molecule has 3 aromatic rings. The predicted molar refractivity (Wildman–Crippen MR) is 124 cm³/mol. The number of rotatable bonds is 7. The zero-order valence-electron chi connectivity index (χ0n) is 17.4. The molecular formula is C26H29N3O. The molecule has 0 aromatic heterocycles. The Labute approximate surface area is 178 Å². The van der Waals surface area contributed by atoms with Crippen LogP contribution in [-0.4, -0.2) is 25.0 Å². The molecule has 2 N–H and O–H groups in total. The molecule has 4 heteroatoms. The average molecular weight is 400 g/mol. The van der Waals surface area contributed by atoms with Crippen LogP contribution < -0.4 is 15.5 Å². The van der Waals surface area contributed by atoms with Gasteiger partial charge in [0.05, 0.1) is 6.04 Å². The lowest BCUT2D eigenvalue weighted by molar-refractivity contribution is -0.122. The molecule has 0 unspecified atom stereocenters. The second-order valence-electron chi connectivity index (χ2n) is 7.87. The fourth-order valence-corrected chi connectivity index (χ4v) is 3.98. The van der Waals surface area contributed by atoms with Crippen molar-refractivity contribution in [3.05, 3.63) is 96.1 Å².